The van der Waals surface area contributed by atoms with Crippen LogP contribution in [0.25, 0.3) is 0 Å². The first kappa shape index (κ1) is 22.7. The van der Waals surface area contributed by atoms with Gasteiger partial charge < -0.3 is 14.7 Å². The second-order valence-electron chi connectivity index (χ2n) is 7.95. The zero-order chi connectivity index (χ0) is 21.8. The van der Waals surface area contributed by atoms with Crippen LogP contribution in [0, 0.1) is 11.7 Å². The van der Waals surface area contributed by atoms with Crippen LogP contribution in [-0.2, 0) is 6.54 Å². The van der Waals surface area contributed by atoms with Gasteiger partial charge in [0, 0.05) is 36.2 Å². The van der Waals surface area contributed by atoms with Crippen molar-refractivity contribution in [1.82, 2.24) is 14.8 Å². The number of fused-ring (bicyclic) bond motifs is 1. The molecule has 30 heavy (non-hydrogen) atoms. The van der Waals surface area contributed by atoms with Crippen molar-refractivity contribution in [2.45, 2.75) is 32.5 Å². The Balaban J connectivity index is 1.84. The summed E-state index contributed by atoms with van der Waals surface area (Å²) in [5.74, 6) is -0.150. The SMILES string of the molecule is C[C@H](CO)N1C[C@H](C)[C@@H](CN(C)Cc2ccc(F)cc2)Oc2ncc(Br)cc2C1=O. The lowest BCUT2D eigenvalue weighted by Gasteiger charge is -2.37. The number of amides is 1. The predicted molar refractivity (Wildman–Crippen MR) is 116 cm³/mol. The number of pyridine rings is 1. The van der Waals surface area contributed by atoms with Gasteiger partial charge in [-0.15, -0.1) is 0 Å². The summed E-state index contributed by atoms with van der Waals surface area (Å²) in [5.41, 5.74) is 1.38. The lowest BCUT2D eigenvalue weighted by atomic mass is 10.00. The third-order valence-electron chi connectivity index (χ3n) is 5.35. The molecule has 162 valence electrons. The van der Waals surface area contributed by atoms with Gasteiger partial charge in [-0.3, -0.25) is 9.69 Å². The third-order valence-corrected chi connectivity index (χ3v) is 5.78. The molecular formula is C22H27BrFN3O3. The second kappa shape index (κ2) is 9.85. The fourth-order valence-electron chi connectivity index (χ4n) is 3.57. The number of hydrogen-bond acceptors (Lipinski definition) is 5. The maximum atomic E-state index is 13.2. The molecule has 1 N–H and O–H groups in total. The Morgan fingerprint density at radius 3 is 2.77 bits per heavy atom. The summed E-state index contributed by atoms with van der Waals surface area (Å²) in [6.07, 6.45) is 1.39. The van der Waals surface area contributed by atoms with Crippen LogP contribution in [0.1, 0.15) is 29.8 Å². The molecule has 1 aliphatic heterocycles. The number of rotatable bonds is 6. The minimum atomic E-state index is -0.317. The highest BCUT2D eigenvalue weighted by atomic mass is 79.9. The molecule has 2 aromatic rings. The summed E-state index contributed by atoms with van der Waals surface area (Å²) in [5, 5.41) is 9.67. The number of benzene rings is 1. The first-order chi connectivity index (χ1) is 14.3. The summed E-state index contributed by atoms with van der Waals surface area (Å²) < 4.78 is 20.1. The van der Waals surface area contributed by atoms with E-state index in [4.69, 9.17) is 4.74 Å². The Kier molecular flexibility index (Phi) is 7.44. The number of aliphatic hydroxyl groups is 1. The van der Waals surface area contributed by atoms with Crippen LogP contribution in [0.5, 0.6) is 5.88 Å². The van der Waals surface area contributed by atoms with Crippen molar-refractivity contribution in [2.24, 2.45) is 5.92 Å². The molecule has 1 aromatic carbocycles. The lowest BCUT2D eigenvalue weighted by molar-refractivity contribution is 0.0325. The first-order valence-electron chi connectivity index (χ1n) is 9.95. The summed E-state index contributed by atoms with van der Waals surface area (Å²) in [6.45, 7) is 5.44. The van der Waals surface area contributed by atoms with E-state index in [1.807, 2.05) is 20.9 Å². The minimum absolute atomic E-state index is 0.0113. The van der Waals surface area contributed by atoms with Gasteiger partial charge in [0.25, 0.3) is 5.91 Å². The van der Waals surface area contributed by atoms with Gasteiger partial charge in [0.15, 0.2) is 0 Å². The summed E-state index contributed by atoms with van der Waals surface area (Å²) in [7, 11) is 1.98. The van der Waals surface area contributed by atoms with Crippen molar-refractivity contribution in [2.75, 3.05) is 26.7 Å². The molecule has 0 saturated heterocycles. The van der Waals surface area contributed by atoms with Gasteiger partial charge in [0.2, 0.25) is 5.88 Å². The fourth-order valence-corrected chi connectivity index (χ4v) is 3.90. The number of aliphatic hydroxyl groups excluding tert-OH is 1. The number of nitrogens with zero attached hydrogens (tertiary/aromatic N) is 3. The number of hydrogen-bond donors (Lipinski definition) is 1. The van der Waals surface area contributed by atoms with Crippen LogP contribution in [-0.4, -0.2) is 64.7 Å². The van der Waals surface area contributed by atoms with E-state index in [1.54, 1.807) is 29.3 Å². The minimum Gasteiger partial charge on any atom is -0.472 e. The van der Waals surface area contributed by atoms with Crippen molar-refractivity contribution in [3.05, 3.63) is 57.9 Å². The van der Waals surface area contributed by atoms with E-state index >= 15 is 0 Å². The average molecular weight is 480 g/mol. The Hall–Kier alpha value is -2.03. The number of ether oxygens (including phenoxy) is 1. The van der Waals surface area contributed by atoms with E-state index in [1.165, 1.54) is 12.1 Å². The van der Waals surface area contributed by atoms with Crippen LogP contribution < -0.4 is 4.74 Å². The zero-order valence-electron chi connectivity index (χ0n) is 17.4. The van der Waals surface area contributed by atoms with Crippen LogP contribution in [0.4, 0.5) is 4.39 Å². The highest BCUT2D eigenvalue weighted by Crippen LogP contribution is 2.28. The summed E-state index contributed by atoms with van der Waals surface area (Å²) in [4.78, 5) is 21.2. The van der Waals surface area contributed by atoms with Crippen LogP contribution >= 0.6 is 15.9 Å². The van der Waals surface area contributed by atoms with Gasteiger partial charge in [0.05, 0.1) is 12.6 Å². The van der Waals surface area contributed by atoms with Crippen molar-refractivity contribution in [3.63, 3.8) is 0 Å². The molecular weight excluding hydrogens is 453 g/mol. The van der Waals surface area contributed by atoms with E-state index in [-0.39, 0.29) is 36.4 Å². The quantitative estimate of drug-likeness (QED) is 0.688. The molecule has 0 saturated carbocycles. The number of halogens is 2. The molecule has 1 aromatic heterocycles. The third kappa shape index (κ3) is 5.36. The number of likely N-dealkylation sites (N-methyl/N-ethyl adjacent to an activating group) is 1. The van der Waals surface area contributed by atoms with Crippen LogP contribution in [0.2, 0.25) is 0 Å². The smallest absolute Gasteiger partial charge is 0.259 e. The number of carbonyl (C=O) groups excluding carboxylic acids is 1. The van der Waals surface area contributed by atoms with Gasteiger partial charge >= 0.3 is 0 Å². The van der Waals surface area contributed by atoms with Crippen molar-refractivity contribution in [1.29, 1.82) is 0 Å². The summed E-state index contributed by atoms with van der Waals surface area (Å²) >= 11 is 3.37. The van der Waals surface area contributed by atoms with E-state index in [9.17, 15) is 14.3 Å². The van der Waals surface area contributed by atoms with Crippen LogP contribution in [0.3, 0.4) is 0 Å². The topological polar surface area (TPSA) is 65.9 Å². The molecule has 3 atom stereocenters. The molecule has 0 spiro atoms. The molecule has 0 fully saturated rings. The van der Waals surface area contributed by atoms with Gasteiger partial charge in [0.1, 0.15) is 17.5 Å². The maximum absolute atomic E-state index is 13.2. The van der Waals surface area contributed by atoms with Gasteiger partial charge in [-0.25, -0.2) is 9.37 Å². The predicted octanol–water partition coefficient (Wildman–Crippen LogP) is 3.34. The fraction of sp³-hybridized carbons (Fsp3) is 0.455. The molecule has 1 amide bonds. The van der Waals surface area contributed by atoms with E-state index in [2.05, 4.69) is 25.8 Å². The largest absolute Gasteiger partial charge is 0.472 e. The van der Waals surface area contributed by atoms with E-state index in [0.717, 1.165) is 5.56 Å². The lowest BCUT2D eigenvalue weighted by Crippen LogP contribution is -2.49. The highest BCUT2D eigenvalue weighted by Gasteiger charge is 2.34. The van der Waals surface area contributed by atoms with Gasteiger partial charge in [-0.2, -0.15) is 0 Å². The van der Waals surface area contributed by atoms with E-state index in [0.29, 0.717) is 35.6 Å². The summed E-state index contributed by atoms with van der Waals surface area (Å²) in [6, 6.07) is 7.84. The molecule has 8 heteroatoms. The maximum Gasteiger partial charge on any atom is 0.259 e. The van der Waals surface area contributed by atoms with Crippen molar-refractivity contribution < 1.29 is 19.0 Å². The van der Waals surface area contributed by atoms with Gasteiger partial charge in [-0.1, -0.05) is 19.1 Å². The second-order valence-corrected chi connectivity index (χ2v) is 8.87. The van der Waals surface area contributed by atoms with Crippen LogP contribution in [0.15, 0.2) is 41.0 Å². The molecule has 2 heterocycles. The average Bonchev–Trinajstić information content (AvgIpc) is 2.72. The Morgan fingerprint density at radius 2 is 2.10 bits per heavy atom. The molecule has 1 aliphatic rings. The molecule has 0 aliphatic carbocycles. The zero-order valence-corrected chi connectivity index (χ0v) is 19.0. The Labute approximate surface area is 184 Å². The highest BCUT2D eigenvalue weighted by molar-refractivity contribution is 9.10. The first-order valence-corrected chi connectivity index (χ1v) is 10.7. The van der Waals surface area contributed by atoms with Crippen molar-refractivity contribution >= 4 is 21.8 Å². The molecule has 3 rings (SSSR count). The number of aromatic nitrogens is 1. The molecule has 0 radical (unpaired) electrons. The van der Waals surface area contributed by atoms with Crippen molar-refractivity contribution in [3.8, 4) is 5.88 Å². The number of carbonyl (C=O) groups is 1. The molecule has 0 bridgehead atoms. The Bertz CT molecular complexity index is 880. The Morgan fingerprint density at radius 1 is 1.40 bits per heavy atom. The van der Waals surface area contributed by atoms with Gasteiger partial charge in [-0.05, 0) is 53.7 Å². The standard InChI is InChI=1S/C22H27BrFN3O3/c1-14-10-27(15(2)13-28)22(29)19-8-17(23)9-25-21(19)30-20(14)12-26(3)11-16-4-6-18(24)7-5-16/h4-9,14-15,20,28H,10-13H2,1-3H3/t14-,15+,20+/m0/s1. The molecule has 0 unspecified atom stereocenters. The monoisotopic (exact) mass is 479 g/mol. The normalized spacial score (nSPS) is 20.4. The molecule has 6 nitrogen and oxygen atoms in total. The van der Waals surface area contributed by atoms with E-state index < -0.39 is 0 Å².